The van der Waals surface area contributed by atoms with Gasteiger partial charge in [0.1, 0.15) is 5.82 Å². The molecule has 0 aromatic heterocycles. The number of guanidine groups is 1. The van der Waals surface area contributed by atoms with Crippen molar-refractivity contribution in [3.8, 4) is 0 Å². The van der Waals surface area contributed by atoms with Crippen molar-refractivity contribution in [1.82, 2.24) is 15.1 Å². The number of nitrogens with one attached hydrogen (secondary N) is 1. The molecule has 1 aromatic rings. The number of ether oxygens (including phenoxy) is 1. The van der Waals surface area contributed by atoms with Gasteiger partial charge >= 0.3 is 0 Å². The first-order valence-corrected chi connectivity index (χ1v) is 11.0. The number of hydrogen-bond acceptors (Lipinski definition) is 3. The molecule has 30 heavy (non-hydrogen) atoms. The largest absolute Gasteiger partial charge is 0.378 e. The summed E-state index contributed by atoms with van der Waals surface area (Å²) >= 11 is 0. The summed E-state index contributed by atoms with van der Waals surface area (Å²) < 4.78 is 20.2. The highest BCUT2D eigenvalue weighted by atomic mass is 127. The van der Waals surface area contributed by atoms with Gasteiger partial charge in [0.25, 0.3) is 0 Å². The van der Waals surface area contributed by atoms with Gasteiger partial charge in [0.15, 0.2) is 5.96 Å². The maximum absolute atomic E-state index is 14.0. The zero-order valence-corrected chi connectivity index (χ0v) is 21.0. The molecule has 1 aromatic carbocycles. The molecule has 2 fully saturated rings. The summed E-state index contributed by atoms with van der Waals surface area (Å²) in [6, 6.07) is 5.35. The minimum Gasteiger partial charge on any atom is -0.378 e. The molecule has 1 heterocycles. The van der Waals surface area contributed by atoms with Gasteiger partial charge in [0.2, 0.25) is 0 Å². The quantitative estimate of drug-likeness (QED) is 0.324. The Morgan fingerprint density at radius 2 is 1.90 bits per heavy atom. The standard InChI is InChI=1S/C23H37FN4O.HI/c1-25-23(26-15-19-8-9-22(24)20(14-19)16-27(2)3)28-12-10-21(11-13-28)29-17-18-6-4-5-7-18;/h8-9,14,18,21H,4-7,10-13,15-17H2,1-3H3,(H,25,26);1H. The fourth-order valence-corrected chi connectivity index (χ4v) is 4.40. The average Bonchev–Trinajstić information content (AvgIpc) is 3.23. The van der Waals surface area contributed by atoms with Gasteiger partial charge in [-0.05, 0) is 63.4 Å². The summed E-state index contributed by atoms with van der Waals surface area (Å²) in [6.45, 7) is 4.11. The molecule has 170 valence electrons. The second kappa shape index (κ2) is 12.8. The van der Waals surface area contributed by atoms with Crippen LogP contribution in [0.3, 0.4) is 0 Å². The van der Waals surface area contributed by atoms with Crippen molar-refractivity contribution < 1.29 is 9.13 Å². The summed E-state index contributed by atoms with van der Waals surface area (Å²) in [5, 5.41) is 3.45. The fraction of sp³-hybridized carbons (Fsp3) is 0.696. The lowest BCUT2D eigenvalue weighted by molar-refractivity contribution is 0.00101. The van der Waals surface area contributed by atoms with Crippen molar-refractivity contribution in [3.05, 3.63) is 35.1 Å². The Morgan fingerprint density at radius 3 is 2.53 bits per heavy atom. The molecule has 0 radical (unpaired) electrons. The van der Waals surface area contributed by atoms with E-state index in [-0.39, 0.29) is 29.8 Å². The SMILES string of the molecule is CN=C(NCc1ccc(F)c(CN(C)C)c1)N1CCC(OCC2CCCC2)CC1.I. The predicted molar refractivity (Wildman–Crippen MR) is 132 cm³/mol. The maximum atomic E-state index is 14.0. The van der Waals surface area contributed by atoms with Gasteiger partial charge in [-0.3, -0.25) is 4.99 Å². The van der Waals surface area contributed by atoms with Crippen LogP contribution >= 0.6 is 24.0 Å². The zero-order valence-electron chi connectivity index (χ0n) is 18.7. The van der Waals surface area contributed by atoms with E-state index in [0.717, 1.165) is 55.5 Å². The summed E-state index contributed by atoms with van der Waals surface area (Å²) in [6.07, 6.45) is 7.92. The van der Waals surface area contributed by atoms with E-state index in [2.05, 4.69) is 15.2 Å². The number of halogens is 2. The Hall–Kier alpha value is -0.930. The summed E-state index contributed by atoms with van der Waals surface area (Å²) in [5.74, 6) is 1.56. The number of rotatable bonds is 7. The molecule has 0 amide bonds. The van der Waals surface area contributed by atoms with Gasteiger partial charge in [-0.1, -0.05) is 18.9 Å². The zero-order chi connectivity index (χ0) is 20.6. The van der Waals surface area contributed by atoms with Crippen LogP contribution in [0.15, 0.2) is 23.2 Å². The van der Waals surface area contributed by atoms with E-state index in [1.165, 1.54) is 25.7 Å². The smallest absolute Gasteiger partial charge is 0.193 e. The first-order chi connectivity index (χ1) is 14.0. The van der Waals surface area contributed by atoms with Crippen LogP contribution in [0.1, 0.15) is 49.7 Å². The van der Waals surface area contributed by atoms with Crippen LogP contribution in [-0.4, -0.2) is 62.7 Å². The summed E-state index contributed by atoms with van der Waals surface area (Å²) in [5.41, 5.74) is 1.80. The third kappa shape index (κ3) is 7.64. The number of hydrogen-bond donors (Lipinski definition) is 1. The van der Waals surface area contributed by atoms with Crippen molar-refractivity contribution >= 4 is 29.9 Å². The molecule has 1 saturated carbocycles. The molecule has 3 rings (SSSR count). The maximum Gasteiger partial charge on any atom is 0.193 e. The molecule has 1 aliphatic heterocycles. The van der Waals surface area contributed by atoms with Crippen LogP contribution in [-0.2, 0) is 17.8 Å². The van der Waals surface area contributed by atoms with E-state index in [1.54, 1.807) is 6.07 Å². The minimum absolute atomic E-state index is 0. The first kappa shape index (κ1) is 25.3. The summed E-state index contributed by atoms with van der Waals surface area (Å²) in [4.78, 5) is 8.74. The molecule has 0 bridgehead atoms. The molecule has 2 aliphatic rings. The van der Waals surface area contributed by atoms with E-state index in [9.17, 15) is 4.39 Å². The lowest BCUT2D eigenvalue weighted by Gasteiger charge is -2.34. The summed E-state index contributed by atoms with van der Waals surface area (Å²) in [7, 11) is 5.73. The third-order valence-corrected chi connectivity index (χ3v) is 6.04. The number of aliphatic imine (C=N–C) groups is 1. The predicted octanol–water partition coefficient (Wildman–Crippen LogP) is 4.25. The van der Waals surface area contributed by atoms with Crippen LogP contribution in [0.25, 0.3) is 0 Å². The van der Waals surface area contributed by atoms with Crippen molar-refractivity contribution in [1.29, 1.82) is 0 Å². The monoisotopic (exact) mass is 532 g/mol. The molecule has 0 spiro atoms. The Bertz CT molecular complexity index is 671. The second-order valence-electron chi connectivity index (χ2n) is 8.73. The van der Waals surface area contributed by atoms with Gasteiger partial charge in [-0.2, -0.15) is 0 Å². The Balaban J connectivity index is 0.00000320. The second-order valence-corrected chi connectivity index (χ2v) is 8.73. The Kier molecular flexibility index (Phi) is 10.8. The molecule has 1 aliphatic carbocycles. The van der Waals surface area contributed by atoms with E-state index in [0.29, 0.717) is 19.2 Å². The van der Waals surface area contributed by atoms with Gasteiger partial charge in [-0.15, -0.1) is 24.0 Å². The molecule has 0 atom stereocenters. The van der Waals surface area contributed by atoms with E-state index in [4.69, 9.17) is 4.74 Å². The highest BCUT2D eigenvalue weighted by molar-refractivity contribution is 14.0. The number of benzene rings is 1. The lowest BCUT2D eigenvalue weighted by atomic mass is 10.1. The lowest BCUT2D eigenvalue weighted by Crippen LogP contribution is -2.46. The normalized spacial score (nSPS) is 18.7. The molecule has 1 saturated heterocycles. The Morgan fingerprint density at radius 1 is 1.20 bits per heavy atom. The first-order valence-electron chi connectivity index (χ1n) is 11.0. The van der Waals surface area contributed by atoms with E-state index < -0.39 is 0 Å². The fourth-order valence-electron chi connectivity index (χ4n) is 4.40. The van der Waals surface area contributed by atoms with Crippen molar-refractivity contribution in [2.24, 2.45) is 10.9 Å². The van der Waals surface area contributed by atoms with Crippen LogP contribution in [0.5, 0.6) is 0 Å². The van der Waals surface area contributed by atoms with Gasteiger partial charge in [0, 0.05) is 45.4 Å². The average molecular weight is 532 g/mol. The number of nitrogens with zero attached hydrogens (tertiary/aromatic N) is 3. The van der Waals surface area contributed by atoms with E-state index >= 15 is 0 Å². The number of likely N-dealkylation sites (tertiary alicyclic amines) is 1. The van der Waals surface area contributed by atoms with Crippen LogP contribution < -0.4 is 5.32 Å². The van der Waals surface area contributed by atoms with Gasteiger partial charge in [0.05, 0.1) is 6.10 Å². The van der Waals surface area contributed by atoms with Gasteiger partial charge in [-0.25, -0.2) is 4.39 Å². The minimum atomic E-state index is -0.147. The highest BCUT2D eigenvalue weighted by Crippen LogP contribution is 2.26. The van der Waals surface area contributed by atoms with Crippen molar-refractivity contribution in [2.75, 3.05) is 40.8 Å². The van der Waals surface area contributed by atoms with E-state index in [1.807, 2.05) is 38.2 Å². The molecule has 5 nitrogen and oxygen atoms in total. The third-order valence-electron chi connectivity index (χ3n) is 6.04. The van der Waals surface area contributed by atoms with Crippen LogP contribution in [0.4, 0.5) is 4.39 Å². The Labute approximate surface area is 198 Å². The molecular weight excluding hydrogens is 494 g/mol. The topological polar surface area (TPSA) is 40.1 Å². The van der Waals surface area contributed by atoms with Gasteiger partial charge < -0.3 is 19.9 Å². The molecule has 7 heteroatoms. The molecule has 1 N–H and O–H groups in total. The van der Waals surface area contributed by atoms with Crippen LogP contribution in [0.2, 0.25) is 0 Å². The molecular formula is C23H38FIN4O. The van der Waals surface area contributed by atoms with Crippen LogP contribution in [0, 0.1) is 11.7 Å². The number of piperidine rings is 1. The van der Waals surface area contributed by atoms with Crippen molar-refractivity contribution in [3.63, 3.8) is 0 Å². The molecule has 0 unspecified atom stereocenters. The highest BCUT2D eigenvalue weighted by Gasteiger charge is 2.23. The van der Waals surface area contributed by atoms with Crippen molar-refractivity contribution in [2.45, 2.75) is 57.7 Å².